The normalized spacial score (nSPS) is 21.1. The van der Waals surface area contributed by atoms with Crippen LogP contribution in [0.15, 0.2) is 24.3 Å². The maximum absolute atomic E-state index is 12.8. The van der Waals surface area contributed by atoms with Gasteiger partial charge >= 0.3 is 0 Å². The number of carbonyl (C=O) groups excluding carboxylic acids is 2. The molecular formula is C19H26N2O4. The molecule has 2 heterocycles. The second-order valence-electron chi connectivity index (χ2n) is 6.49. The van der Waals surface area contributed by atoms with Gasteiger partial charge in [0.05, 0.1) is 19.1 Å². The highest BCUT2D eigenvalue weighted by Gasteiger charge is 2.30. The highest BCUT2D eigenvalue weighted by atomic mass is 16.5. The molecule has 2 aliphatic rings. The molecule has 2 amide bonds. The first kappa shape index (κ1) is 17.7. The molecule has 2 aliphatic heterocycles. The maximum atomic E-state index is 12.8. The Balaban J connectivity index is 1.61. The second-order valence-corrected chi connectivity index (χ2v) is 6.49. The number of nitrogens with zero attached hydrogens (tertiary/aromatic N) is 2. The van der Waals surface area contributed by atoms with Gasteiger partial charge in [0.25, 0.3) is 5.91 Å². The lowest BCUT2D eigenvalue weighted by atomic mass is 10.1. The van der Waals surface area contributed by atoms with Gasteiger partial charge in [0.1, 0.15) is 5.75 Å². The number of hydrogen-bond acceptors (Lipinski definition) is 4. The van der Waals surface area contributed by atoms with Crippen molar-refractivity contribution in [1.82, 2.24) is 9.80 Å². The summed E-state index contributed by atoms with van der Waals surface area (Å²) in [5, 5.41) is 0. The third-order valence-electron chi connectivity index (χ3n) is 4.77. The molecule has 1 atom stereocenters. The smallest absolute Gasteiger partial charge is 0.254 e. The molecule has 136 valence electrons. The van der Waals surface area contributed by atoms with E-state index in [1.807, 2.05) is 34.9 Å². The van der Waals surface area contributed by atoms with E-state index in [-0.39, 0.29) is 17.7 Å². The van der Waals surface area contributed by atoms with Gasteiger partial charge in [-0.05, 0) is 38.0 Å². The van der Waals surface area contributed by atoms with Crippen molar-refractivity contribution in [1.29, 1.82) is 0 Å². The predicted octanol–water partition coefficient (Wildman–Crippen LogP) is 1.80. The fourth-order valence-corrected chi connectivity index (χ4v) is 3.40. The summed E-state index contributed by atoms with van der Waals surface area (Å²) in [4.78, 5) is 29.1. The van der Waals surface area contributed by atoms with Crippen LogP contribution in [0.5, 0.6) is 5.75 Å². The zero-order valence-electron chi connectivity index (χ0n) is 14.8. The summed E-state index contributed by atoms with van der Waals surface area (Å²) >= 11 is 0. The monoisotopic (exact) mass is 346 g/mol. The van der Waals surface area contributed by atoms with Crippen LogP contribution in [0.4, 0.5) is 0 Å². The van der Waals surface area contributed by atoms with Crippen molar-refractivity contribution in [3.63, 3.8) is 0 Å². The number of benzene rings is 1. The summed E-state index contributed by atoms with van der Waals surface area (Å²) in [6.07, 6.45) is 1.61. The van der Waals surface area contributed by atoms with Gasteiger partial charge in [-0.2, -0.15) is 0 Å². The van der Waals surface area contributed by atoms with Gasteiger partial charge in [0, 0.05) is 38.3 Å². The van der Waals surface area contributed by atoms with Crippen molar-refractivity contribution in [2.24, 2.45) is 5.92 Å². The van der Waals surface area contributed by atoms with Crippen molar-refractivity contribution < 1.29 is 19.1 Å². The summed E-state index contributed by atoms with van der Waals surface area (Å²) in [6, 6.07) is 7.29. The molecule has 0 aliphatic carbocycles. The second kappa shape index (κ2) is 8.34. The van der Waals surface area contributed by atoms with Gasteiger partial charge in [-0.25, -0.2) is 0 Å². The first-order valence-corrected chi connectivity index (χ1v) is 9.07. The van der Waals surface area contributed by atoms with Crippen LogP contribution in [0.1, 0.15) is 30.1 Å². The Hall–Kier alpha value is -2.08. The van der Waals surface area contributed by atoms with Crippen LogP contribution in [0.3, 0.4) is 0 Å². The average molecular weight is 346 g/mol. The molecule has 6 heteroatoms. The molecule has 25 heavy (non-hydrogen) atoms. The van der Waals surface area contributed by atoms with E-state index >= 15 is 0 Å². The van der Waals surface area contributed by atoms with Gasteiger partial charge in [-0.15, -0.1) is 0 Å². The predicted molar refractivity (Wildman–Crippen MR) is 93.6 cm³/mol. The molecule has 3 rings (SSSR count). The molecule has 1 aromatic rings. The minimum Gasteiger partial charge on any atom is -0.494 e. The summed E-state index contributed by atoms with van der Waals surface area (Å²) < 4.78 is 10.8. The van der Waals surface area contributed by atoms with Crippen LogP contribution in [-0.4, -0.2) is 67.6 Å². The van der Waals surface area contributed by atoms with Crippen LogP contribution < -0.4 is 4.74 Å². The van der Waals surface area contributed by atoms with E-state index in [9.17, 15) is 9.59 Å². The quantitative estimate of drug-likeness (QED) is 0.834. The number of carbonyl (C=O) groups is 2. The first-order chi connectivity index (χ1) is 12.2. The van der Waals surface area contributed by atoms with E-state index in [2.05, 4.69) is 0 Å². The van der Waals surface area contributed by atoms with E-state index < -0.39 is 0 Å². The molecule has 0 N–H and O–H groups in total. The average Bonchev–Trinajstić information content (AvgIpc) is 3.06. The highest BCUT2D eigenvalue weighted by Crippen LogP contribution is 2.19. The summed E-state index contributed by atoms with van der Waals surface area (Å²) in [7, 11) is 0. The highest BCUT2D eigenvalue weighted by molar-refractivity contribution is 5.94. The Kier molecular flexibility index (Phi) is 5.91. The first-order valence-electron chi connectivity index (χ1n) is 9.07. The van der Waals surface area contributed by atoms with Gasteiger partial charge in [0.15, 0.2) is 0 Å². The third-order valence-corrected chi connectivity index (χ3v) is 4.77. The van der Waals surface area contributed by atoms with Gasteiger partial charge < -0.3 is 19.3 Å². The van der Waals surface area contributed by atoms with Crippen LogP contribution in [0.2, 0.25) is 0 Å². The van der Waals surface area contributed by atoms with Crippen molar-refractivity contribution in [3.05, 3.63) is 29.8 Å². The lowest BCUT2D eigenvalue weighted by Crippen LogP contribution is -2.40. The number of hydrogen-bond donors (Lipinski definition) is 0. The summed E-state index contributed by atoms with van der Waals surface area (Å²) in [5.74, 6) is 0.872. The number of amides is 2. The largest absolute Gasteiger partial charge is 0.494 e. The van der Waals surface area contributed by atoms with Crippen molar-refractivity contribution in [3.8, 4) is 5.75 Å². The van der Waals surface area contributed by atoms with Gasteiger partial charge in [0.2, 0.25) is 5.91 Å². The Morgan fingerprint density at radius 3 is 2.76 bits per heavy atom. The van der Waals surface area contributed by atoms with Crippen LogP contribution >= 0.6 is 0 Å². The fourth-order valence-electron chi connectivity index (χ4n) is 3.40. The molecule has 0 spiro atoms. The van der Waals surface area contributed by atoms with E-state index in [0.717, 1.165) is 12.8 Å². The SMILES string of the molecule is CCOc1cccc(C(=O)N2CCCN(C(=O)C3CCOC3)CC2)c1. The van der Waals surface area contributed by atoms with Gasteiger partial charge in [-0.3, -0.25) is 9.59 Å². The Morgan fingerprint density at radius 2 is 2.00 bits per heavy atom. The molecule has 0 aromatic heterocycles. The standard InChI is InChI=1S/C19H26N2O4/c1-2-25-17-6-3-5-15(13-17)18(22)20-8-4-9-21(11-10-20)19(23)16-7-12-24-14-16/h3,5-6,13,16H,2,4,7-12,14H2,1H3. The summed E-state index contributed by atoms with van der Waals surface area (Å²) in [5.41, 5.74) is 0.634. The Bertz CT molecular complexity index is 613. The van der Waals surface area contributed by atoms with Crippen LogP contribution in [0, 0.1) is 5.92 Å². The maximum Gasteiger partial charge on any atom is 0.254 e. The molecule has 0 radical (unpaired) electrons. The molecular weight excluding hydrogens is 320 g/mol. The Morgan fingerprint density at radius 1 is 1.20 bits per heavy atom. The molecule has 1 unspecified atom stereocenters. The molecule has 1 aromatic carbocycles. The fraction of sp³-hybridized carbons (Fsp3) is 0.579. The zero-order chi connectivity index (χ0) is 17.6. The van der Waals surface area contributed by atoms with Crippen molar-refractivity contribution in [2.45, 2.75) is 19.8 Å². The zero-order valence-corrected chi connectivity index (χ0v) is 14.8. The van der Waals surface area contributed by atoms with E-state index in [1.54, 1.807) is 6.07 Å². The lowest BCUT2D eigenvalue weighted by Gasteiger charge is -2.24. The van der Waals surface area contributed by atoms with Crippen molar-refractivity contribution in [2.75, 3.05) is 46.0 Å². The summed E-state index contributed by atoms with van der Waals surface area (Å²) in [6.45, 7) is 6.23. The van der Waals surface area contributed by atoms with E-state index in [0.29, 0.717) is 57.3 Å². The minimum atomic E-state index is -0.00914. The van der Waals surface area contributed by atoms with Crippen LogP contribution in [-0.2, 0) is 9.53 Å². The molecule has 6 nitrogen and oxygen atoms in total. The van der Waals surface area contributed by atoms with Crippen LogP contribution in [0.25, 0.3) is 0 Å². The molecule has 2 saturated heterocycles. The lowest BCUT2D eigenvalue weighted by molar-refractivity contribution is -0.135. The Labute approximate surface area is 148 Å². The van der Waals surface area contributed by atoms with E-state index in [4.69, 9.17) is 9.47 Å². The number of ether oxygens (including phenoxy) is 2. The number of rotatable bonds is 4. The third kappa shape index (κ3) is 4.31. The van der Waals surface area contributed by atoms with E-state index in [1.165, 1.54) is 0 Å². The van der Waals surface area contributed by atoms with Crippen molar-refractivity contribution >= 4 is 11.8 Å². The minimum absolute atomic E-state index is 0.0000479. The molecule has 2 fully saturated rings. The van der Waals surface area contributed by atoms with Gasteiger partial charge in [-0.1, -0.05) is 6.07 Å². The molecule has 0 bridgehead atoms. The topological polar surface area (TPSA) is 59.1 Å². The molecule has 0 saturated carbocycles.